The van der Waals surface area contributed by atoms with Crippen LogP contribution in [-0.4, -0.2) is 11.7 Å². The van der Waals surface area contributed by atoms with Gasteiger partial charge in [-0.15, -0.1) is 6.58 Å². The highest BCUT2D eigenvalue weighted by Crippen LogP contribution is 2.33. The number of aromatic hydroxyl groups is 1. The van der Waals surface area contributed by atoms with Crippen LogP contribution in [0.3, 0.4) is 0 Å². The molecule has 0 saturated heterocycles. The van der Waals surface area contributed by atoms with Gasteiger partial charge in [-0.3, -0.25) is 0 Å². The molecule has 122 valence electrons. The van der Waals surface area contributed by atoms with Gasteiger partial charge in [0.05, 0.1) is 18.2 Å². The fourth-order valence-corrected chi connectivity index (χ4v) is 2.43. The van der Waals surface area contributed by atoms with Crippen LogP contribution in [0.1, 0.15) is 29.2 Å². The normalized spacial score (nSPS) is 11.0. The molecule has 0 fully saturated rings. The Morgan fingerprint density at radius 2 is 2.00 bits per heavy atom. The Morgan fingerprint density at radius 1 is 1.29 bits per heavy atom. The van der Waals surface area contributed by atoms with Gasteiger partial charge in [-0.25, -0.2) is 0 Å². The molecule has 0 amide bonds. The summed E-state index contributed by atoms with van der Waals surface area (Å²) in [5.41, 5.74) is 4.10. The second-order valence-corrected chi connectivity index (χ2v) is 5.49. The zero-order valence-electron chi connectivity index (χ0n) is 14.0. The Bertz CT molecular complexity index is 796. The predicted octanol–water partition coefficient (Wildman–Crippen LogP) is 4.89. The van der Waals surface area contributed by atoms with E-state index >= 15 is 0 Å². The van der Waals surface area contributed by atoms with Gasteiger partial charge >= 0.3 is 0 Å². The lowest BCUT2D eigenvalue weighted by Gasteiger charge is -2.11. The second-order valence-electron chi connectivity index (χ2n) is 5.49. The zero-order valence-corrected chi connectivity index (χ0v) is 14.0. The Kier molecular flexibility index (Phi) is 5.81. The van der Waals surface area contributed by atoms with E-state index in [-0.39, 0.29) is 5.75 Å². The molecule has 2 aromatic rings. The molecule has 2 rings (SSSR count). The highest BCUT2D eigenvalue weighted by Gasteiger charge is 2.10. The fraction of sp³-hybridized carbons (Fsp3) is 0.190. The van der Waals surface area contributed by atoms with E-state index in [1.807, 2.05) is 44.2 Å². The molecule has 0 unspecified atom stereocenters. The minimum absolute atomic E-state index is 0.128. The van der Waals surface area contributed by atoms with Gasteiger partial charge in [-0.05, 0) is 49.6 Å². The van der Waals surface area contributed by atoms with E-state index in [0.717, 1.165) is 22.3 Å². The minimum Gasteiger partial charge on any atom is -0.504 e. The maximum Gasteiger partial charge on any atom is 0.161 e. The Morgan fingerprint density at radius 3 is 2.58 bits per heavy atom. The Hall–Kier alpha value is -2.99. The number of aryl methyl sites for hydroxylation is 1. The lowest BCUT2D eigenvalue weighted by atomic mass is 10.00. The van der Waals surface area contributed by atoms with Crippen molar-refractivity contribution in [3.05, 3.63) is 71.3 Å². The molecule has 0 aromatic heterocycles. The van der Waals surface area contributed by atoms with Crippen LogP contribution in [0.5, 0.6) is 11.5 Å². The topological polar surface area (TPSA) is 53.2 Å². The second kappa shape index (κ2) is 8.03. The van der Waals surface area contributed by atoms with Crippen LogP contribution < -0.4 is 4.74 Å². The van der Waals surface area contributed by atoms with Crippen molar-refractivity contribution in [2.45, 2.75) is 20.3 Å². The van der Waals surface area contributed by atoms with Gasteiger partial charge in [-0.1, -0.05) is 35.9 Å². The maximum absolute atomic E-state index is 10.3. The first kappa shape index (κ1) is 17.4. The summed E-state index contributed by atoms with van der Waals surface area (Å²) in [4.78, 5) is 0. The zero-order chi connectivity index (χ0) is 17.5. The lowest BCUT2D eigenvalue weighted by Crippen LogP contribution is -1.95. The van der Waals surface area contributed by atoms with Gasteiger partial charge in [0.15, 0.2) is 11.5 Å². The largest absolute Gasteiger partial charge is 0.504 e. The summed E-state index contributed by atoms with van der Waals surface area (Å²) in [6.07, 6.45) is 4.06. The van der Waals surface area contributed by atoms with Gasteiger partial charge in [-0.2, -0.15) is 5.26 Å². The molecule has 1 N–H and O–H groups in total. The van der Waals surface area contributed by atoms with Gasteiger partial charge in [0, 0.05) is 5.56 Å². The molecule has 3 nitrogen and oxygen atoms in total. The summed E-state index contributed by atoms with van der Waals surface area (Å²) < 4.78 is 5.50. The molecule has 0 atom stereocenters. The predicted molar refractivity (Wildman–Crippen MR) is 97.8 cm³/mol. The first-order chi connectivity index (χ1) is 11.6. The molecule has 2 aromatic carbocycles. The number of nitrogens with zero attached hydrogens (tertiary/aromatic N) is 1. The number of hydrogen-bond acceptors (Lipinski definition) is 3. The van der Waals surface area contributed by atoms with E-state index in [1.54, 1.807) is 18.2 Å². The summed E-state index contributed by atoms with van der Waals surface area (Å²) in [5, 5.41) is 19.8. The summed E-state index contributed by atoms with van der Waals surface area (Å²) in [6, 6.07) is 13.7. The van der Waals surface area contributed by atoms with Crippen LogP contribution >= 0.6 is 0 Å². The number of phenolic OH excluding ortho intramolecular Hbond substituents is 1. The highest BCUT2D eigenvalue weighted by molar-refractivity contribution is 5.90. The van der Waals surface area contributed by atoms with Crippen LogP contribution in [0.4, 0.5) is 0 Å². The number of phenols is 1. The highest BCUT2D eigenvalue weighted by atomic mass is 16.5. The molecule has 0 spiro atoms. The van der Waals surface area contributed by atoms with Crippen molar-refractivity contribution in [1.82, 2.24) is 0 Å². The van der Waals surface area contributed by atoms with Gasteiger partial charge in [0.25, 0.3) is 0 Å². The van der Waals surface area contributed by atoms with Crippen molar-refractivity contribution < 1.29 is 9.84 Å². The van der Waals surface area contributed by atoms with Crippen molar-refractivity contribution in [2.75, 3.05) is 6.61 Å². The molecule has 0 heterocycles. The average Bonchev–Trinajstić information content (AvgIpc) is 2.58. The molecule has 3 heteroatoms. The van der Waals surface area contributed by atoms with Gasteiger partial charge < -0.3 is 9.84 Å². The van der Waals surface area contributed by atoms with Gasteiger partial charge in [0.2, 0.25) is 0 Å². The summed E-state index contributed by atoms with van der Waals surface area (Å²) in [5.74, 6) is 0.548. The number of nitriles is 1. The third-order valence-electron chi connectivity index (χ3n) is 3.63. The van der Waals surface area contributed by atoms with E-state index in [9.17, 15) is 10.4 Å². The smallest absolute Gasteiger partial charge is 0.161 e. The number of hydrogen-bond donors (Lipinski definition) is 1. The number of allylic oxidation sites excluding steroid dienone is 2. The molecular formula is C21H21NO2. The third-order valence-corrected chi connectivity index (χ3v) is 3.63. The van der Waals surface area contributed by atoms with Crippen LogP contribution in [0.15, 0.2) is 49.1 Å². The van der Waals surface area contributed by atoms with Crippen molar-refractivity contribution >= 4 is 11.6 Å². The van der Waals surface area contributed by atoms with Crippen molar-refractivity contribution in [3.8, 4) is 17.6 Å². The number of rotatable bonds is 6. The van der Waals surface area contributed by atoms with Crippen LogP contribution in [0, 0.1) is 18.3 Å². The first-order valence-corrected chi connectivity index (χ1v) is 7.87. The fourth-order valence-electron chi connectivity index (χ4n) is 2.43. The standard InChI is InChI=1S/C21H21NO2/c1-4-6-18-11-16(13-20(21(18)23)24-5-2)12-19(14-22)17-9-7-15(3)8-10-17/h4,7-13,23H,1,5-6H2,2-3H3/b19-12-. The number of ether oxygens (including phenoxy) is 1. The molecule has 0 aliphatic rings. The maximum atomic E-state index is 10.3. The molecule has 0 bridgehead atoms. The van der Waals surface area contributed by atoms with E-state index in [1.165, 1.54) is 0 Å². The number of benzene rings is 2. The quantitative estimate of drug-likeness (QED) is 0.468. The van der Waals surface area contributed by atoms with E-state index < -0.39 is 0 Å². The Balaban J connectivity index is 2.51. The summed E-state index contributed by atoms with van der Waals surface area (Å²) in [7, 11) is 0. The van der Waals surface area contributed by atoms with Crippen LogP contribution in [0.25, 0.3) is 11.6 Å². The minimum atomic E-state index is 0.128. The monoisotopic (exact) mass is 319 g/mol. The lowest BCUT2D eigenvalue weighted by molar-refractivity contribution is 0.317. The van der Waals surface area contributed by atoms with Crippen LogP contribution in [0.2, 0.25) is 0 Å². The molecule has 0 saturated carbocycles. The van der Waals surface area contributed by atoms with Crippen LogP contribution in [-0.2, 0) is 6.42 Å². The first-order valence-electron chi connectivity index (χ1n) is 7.87. The molecule has 0 aliphatic carbocycles. The SMILES string of the molecule is C=CCc1cc(/C=C(/C#N)c2ccc(C)cc2)cc(OCC)c1O. The third kappa shape index (κ3) is 4.05. The van der Waals surface area contributed by atoms with E-state index in [0.29, 0.717) is 24.4 Å². The van der Waals surface area contributed by atoms with E-state index in [2.05, 4.69) is 12.6 Å². The molecule has 0 radical (unpaired) electrons. The summed E-state index contributed by atoms with van der Waals surface area (Å²) >= 11 is 0. The van der Waals surface area contributed by atoms with Gasteiger partial charge in [0.1, 0.15) is 0 Å². The van der Waals surface area contributed by atoms with Crippen molar-refractivity contribution in [3.63, 3.8) is 0 Å². The molecular weight excluding hydrogens is 298 g/mol. The molecule has 0 aliphatic heterocycles. The Labute approximate surface area is 143 Å². The average molecular weight is 319 g/mol. The molecule has 24 heavy (non-hydrogen) atoms. The van der Waals surface area contributed by atoms with Crippen molar-refractivity contribution in [1.29, 1.82) is 5.26 Å². The van der Waals surface area contributed by atoms with E-state index in [4.69, 9.17) is 4.74 Å². The summed E-state index contributed by atoms with van der Waals surface area (Å²) in [6.45, 7) is 8.04. The van der Waals surface area contributed by atoms with Crippen molar-refractivity contribution in [2.24, 2.45) is 0 Å².